The Morgan fingerprint density at radius 2 is 2.06 bits per heavy atom. The summed E-state index contributed by atoms with van der Waals surface area (Å²) in [5.74, 6) is -0.702. The first-order valence-corrected chi connectivity index (χ1v) is 6.92. The maximum absolute atomic E-state index is 12.1. The molecule has 0 spiro atoms. The van der Waals surface area contributed by atoms with E-state index >= 15 is 0 Å². The molecule has 98 valence electrons. The Morgan fingerprint density at radius 1 is 1.39 bits per heavy atom. The molecule has 1 aromatic carbocycles. The third kappa shape index (κ3) is 2.80. The second-order valence-corrected chi connectivity index (χ2v) is 4.83. The number of alkyl halides is 1. The van der Waals surface area contributed by atoms with Crippen molar-refractivity contribution in [1.82, 2.24) is 0 Å². The van der Waals surface area contributed by atoms with Crippen LogP contribution in [0, 0.1) is 6.92 Å². The molecule has 0 saturated carbocycles. The van der Waals surface area contributed by atoms with Crippen LogP contribution in [-0.2, 0) is 19.7 Å². The van der Waals surface area contributed by atoms with Crippen molar-refractivity contribution in [2.75, 3.05) is 11.9 Å². The lowest BCUT2D eigenvalue weighted by Gasteiger charge is -2.25. The largest absolute Gasteiger partial charge is 0.465 e. The summed E-state index contributed by atoms with van der Waals surface area (Å²) in [5, 5.41) is 0.121. The average Bonchev–Trinajstić information content (AvgIpc) is 2.37. The zero-order valence-corrected chi connectivity index (χ0v) is 12.4. The van der Waals surface area contributed by atoms with Gasteiger partial charge in [0.05, 0.1) is 11.9 Å². The molecule has 0 aromatic heterocycles. The van der Waals surface area contributed by atoms with Crippen LogP contribution in [0.25, 0.3) is 0 Å². The molecule has 1 aromatic rings. The predicted octanol–water partition coefficient (Wildman–Crippen LogP) is 2.78. The third-order valence-electron chi connectivity index (χ3n) is 2.96. The summed E-state index contributed by atoms with van der Waals surface area (Å²) < 4.78 is 5.04. The average molecular weight is 313 g/mol. The van der Waals surface area contributed by atoms with Gasteiger partial charge in [-0.3, -0.25) is 9.59 Å². The first-order chi connectivity index (χ1) is 8.46. The van der Waals surface area contributed by atoms with E-state index in [1.807, 2.05) is 25.1 Å². The van der Waals surface area contributed by atoms with Crippen molar-refractivity contribution in [3.8, 4) is 0 Å². The highest BCUT2D eigenvalue weighted by atomic mass is 79.9. The van der Waals surface area contributed by atoms with E-state index < -0.39 is 11.4 Å². The second-order valence-electron chi connectivity index (χ2n) is 4.27. The van der Waals surface area contributed by atoms with E-state index in [2.05, 4.69) is 15.9 Å². The molecular weight excluding hydrogens is 296 g/mol. The minimum Gasteiger partial charge on any atom is -0.465 e. The van der Waals surface area contributed by atoms with Gasteiger partial charge in [0.1, 0.15) is 5.41 Å². The van der Waals surface area contributed by atoms with Crippen molar-refractivity contribution in [3.63, 3.8) is 0 Å². The van der Waals surface area contributed by atoms with E-state index in [0.717, 1.165) is 5.56 Å². The molecule has 0 N–H and O–H groups in total. The lowest BCUT2D eigenvalue weighted by Crippen LogP contribution is -2.43. The molecule has 18 heavy (non-hydrogen) atoms. The summed E-state index contributed by atoms with van der Waals surface area (Å²) in [6.07, 6.45) is 0. The van der Waals surface area contributed by atoms with Gasteiger partial charge in [-0.15, -0.1) is 0 Å². The molecule has 1 unspecified atom stereocenters. The fourth-order valence-corrected chi connectivity index (χ4v) is 2.32. The van der Waals surface area contributed by atoms with Crippen molar-refractivity contribution in [2.24, 2.45) is 0 Å². The summed E-state index contributed by atoms with van der Waals surface area (Å²) in [7, 11) is 0. The van der Waals surface area contributed by atoms with Crippen LogP contribution in [0.15, 0.2) is 24.3 Å². The zero-order valence-electron chi connectivity index (χ0n) is 10.8. The number of hydrogen-bond acceptors (Lipinski definition) is 3. The number of ether oxygens (including phenoxy) is 1. The lowest BCUT2D eigenvalue weighted by molar-refractivity contribution is -0.152. The van der Waals surface area contributed by atoms with Gasteiger partial charge < -0.3 is 4.74 Å². The number of hydrogen-bond donors (Lipinski definition) is 0. The van der Waals surface area contributed by atoms with Crippen LogP contribution >= 0.6 is 15.9 Å². The minimum atomic E-state index is -1.24. The molecule has 0 saturated heterocycles. The van der Waals surface area contributed by atoms with Gasteiger partial charge in [0.2, 0.25) is 0 Å². The van der Waals surface area contributed by atoms with Crippen LogP contribution in [-0.4, -0.2) is 23.7 Å². The fraction of sp³-hybridized carbons (Fsp3) is 0.429. The van der Waals surface area contributed by atoms with Crippen LogP contribution in [0.5, 0.6) is 0 Å². The number of carbonyl (C=O) groups is 2. The zero-order chi connectivity index (χ0) is 13.8. The normalized spacial score (nSPS) is 13.8. The van der Waals surface area contributed by atoms with Crippen molar-refractivity contribution in [1.29, 1.82) is 0 Å². The summed E-state index contributed by atoms with van der Waals surface area (Å²) in [6, 6.07) is 7.39. The topological polar surface area (TPSA) is 43.4 Å². The number of halogens is 1. The van der Waals surface area contributed by atoms with Gasteiger partial charge >= 0.3 is 5.97 Å². The number of rotatable bonds is 5. The number of aryl methyl sites for hydroxylation is 1. The standard InChI is InChI=1S/C14H17BrO3/c1-4-18-13(17)14(3,12(16)9-15)11-7-5-6-10(2)8-11/h5-8H,4,9H2,1-3H3. The molecule has 0 heterocycles. The second kappa shape index (κ2) is 6.14. The molecular formula is C14H17BrO3. The van der Waals surface area contributed by atoms with E-state index in [4.69, 9.17) is 4.74 Å². The SMILES string of the molecule is CCOC(=O)C(C)(C(=O)CBr)c1cccc(C)c1. The number of benzene rings is 1. The quantitative estimate of drug-likeness (QED) is 0.477. The number of Topliss-reactive ketones (excluding diaryl/α,β-unsaturated/α-hetero) is 1. The van der Waals surface area contributed by atoms with Gasteiger partial charge in [-0.1, -0.05) is 45.8 Å². The first-order valence-electron chi connectivity index (χ1n) is 5.80. The molecule has 0 bridgehead atoms. The van der Waals surface area contributed by atoms with E-state index in [1.54, 1.807) is 19.9 Å². The summed E-state index contributed by atoms with van der Waals surface area (Å²) >= 11 is 3.13. The Morgan fingerprint density at radius 3 is 2.56 bits per heavy atom. The Hall–Kier alpha value is -1.16. The van der Waals surface area contributed by atoms with Gasteiger partial charge in [0, 0.05) is 0 Å². The lowest BCUT2D eigenvalue weighted by atomic mass is 9.78. The van der Waals surface area contributed by atoms with Crippen molar-refractivity contribution in [2.45, 2.75) is 26.2 Å². The van der Waals surface area contributed by atoms with E-state index in [0.29, 0.717) is 5.56 Å². The Balaban J connectivity index is 3.28. The van der Waals surface area contributed by atoms with Crippen LogP contribution < -0.4 is 0 Å². The van der Waals surface area contributed by atoms with E-state index in [1.165, 1.54) is 0 Å². The first kappa shape index (κ1) is 14.9. The monoisotopic (exact) mass is 312 g/mol. The number of carbonyl (C=O) groups excluding carboxylic acids is 2. The molecule has 4 heteroatoms. The minimum absolute atomic E-state index is 0.121. The Labute approximate surface area is 116 Å². The van der Waals surface area contributed by atoms with Gasteiger partial charge in [0.25, 0.3) is 0 Å². The molecule has 0 radical (unpaired) electrons. The highest BCUT2D eigenvalue weighted by Crippen LogP contribution is 2.28. The van der Waals surface area contributed by atoms with Crippen LogP contribution in [0.1, 0.15) is 25.0 Å². The van der Waals surface area contributed by atoms with E-state index in [9.17, 15) is 9.59 Å². The molecule has 0 aliphatic carbocycles. The summed E-state index contributed by atoms with van der Waals surface area (Å²) in [6.45, 7) is 5.53. The predicted molar refractivity (Wildman–Crippen MR) is 74.0 cm³/mol. The molecule has 0 amide bonds. The van der Waals surface area contributed by atoms with E-state index in [-0.39, 0.29) is 17.7 Å². The molecule has 1 atom stereocenters. The van der Waals surface area contributed by atoms with Crippen molar-refractivity contribution >= 4 is 27.7 Å². The highest BCUT2D eigenvalue weighted by molar-refractivity contribution is 9.09. The van der Waals surface area contributed by atoms with Crippen LogP contribution in [0.4, 0.5) is 0 Å². The Kier molecular flexibility index (Phi) is 5.08. The number of esters is 1. The van der Waals surface area contributed by atoms with Crippen molar-refractivity contribution in [3.05, 3.63) is 35.4 Å². The Bertz CT molecular complexity index is 456. The van der Waals surface area contributed by atoms with Gasteiger partial charge in [-0.25, -0.2) is 0 Å². The summed E-state index contributed by atoms with van der Waals surface area (Å²) in [5.41, 5.74) is 0.432. The van der Waals surface area contributed by atoms with Crippen molar-refractivity contribution < 1.29 is 14.3 Å². The molecule has 1 rings (SSSR count). The fourth-order valence-electron chi connectivity index (χ4n) is 1.76. The molecule has 0 aliphatic rings. The van der Waals surface area contributed by atoms with Gasteiger partial charge in [-0.05, 0) is 26.3 Å². The maximum Gasteiger partial charge on any atom is 0.323 e. The van der Waals surface area contributed by atoms with Crippen LogP contribution in [0.2, 0.25) is 0 Å². The van der Waals surface area contributed by atoms with Gasteiger partial charge in [0.15, 0.2) is 5.78 Å². The molecule has 0 aliphatic heterocycles. The van der Waals surface area contributed by atoms with Crippen LogP contribution in [0.3, 0.4) is 0 Å². The molecule has 3 nitrogen and oxygen atoms in total. The van der Waals surface area contributed by atoms with Gasteiger partial charge in [-0.2, -0.15) is 0 Å². The maximum atomic E-state index is 12.1. The smallest absolute Gasteiger partial charge is 0.323 e. The number of ketones is 1. The third-order valence-corrected chi connectivity index (χ3v) is 3.47. The molecule has 0 fully saturated rings. The summed E-state index contributed by atoms with van der Waals surface area (Å²) in [4.78, 5) is 24.2. The highest BCUT2D eigenvalue weighted by Gasteiger charge is 2.43.